The number of rotatable bonds is 14. The van der Waals surface area contributed by atoms with Crippen molar-refractivity contribution in [2.45, 2.75) is 97.3 Å². The Kier molecular flexibility index (Phi) is 15.7. The van der Waals surface area contributed by atoms with Crippen molar-refractivity contribution in [2.75, 3.05) is 5.75 Å². The third-order valence-corrected chi connectivity index (χ3v) is 4.18. The monoisotopic (exact) mass is 272 g/mol. The van der Waals surface area contributed by atoms with Crippen LogP contribution < -0.4 is 0 Å². The molecule has 0 saturated heterocycles. The van der Waals surface area contributed by atoms with Gasteiger partial charge in [0.15, 0.2) is 0 Å². The van der Waals surface area contributed by atoms with Gasteiger partial charge in [-0.1, -0.05) is 90.9 Å². The zero-order chi connectivity index (χ0) is 13.5. The molecule has 110 valence electrons. The van der Waals surface area contributed by atoms with Gasteiger partial charge >= 0.3 is 0 Å². The molecular formula is C17H36S. The summed E-state index contributed by atoms with van der Waals surface area (Å²) in [6.45, 7) is 4.66. The van der Waals surface area contributed by atoms with Crippen LogP contribution in [0.2, 0.25) is 0 Å². The second-order valence-electron chi connectivity index (χ2n) is 5.94. The van der Waals surface area contributed by atoms with Gasteiger partial charge in [-0.2, -0.15) is 12.6 Å². The topological polar surface area (TPSA) is 0 Å². The van der Waals surface area contributed by atoms with E-state index in [9.17, 15) is 0 Å². The molecule has 0 rings (SSSR count). The Balaban J connectivity index is 2.98. The molecule has 0 aliphatic heterocycles. The first kappa shape index (κ1) is 18.4. The van der Waals surface area contributed by atoms with Crippen LogP contribution in [0.5, 0.6) is 0 Å². The van der Waals surface area contributed by atoms with Gasteiger partial charge in [-0.25, -0.2) is 0 Å². The smallest absolute Gasteiger partial charge is 0.00954 e. The summed E-state index contributed by atoms with van der Waals surface area (Å²) in [6, 6.07) is 0. The average molecular weight is 273 g/mol. The van der Waals surface area contributed by atoms with Crippen LogP contribution in [0.1, 0.15) is 97.3 Å². The summed E-state index contributed by atoms with van der Waals surface area (Å²) < 4.78 is 0. The van der Waals surface area contributed by atoms with Gasteiger partial charge in [-0.15, -0.1) is 0 Å². The molecular weight excluding hydrogens is 236 g/mol. The zero-order valence-electron chi connectivity index (χ0n) is 12.9. The summed E-state index contributed by atoms with van der Waals surface area (Å²) in [4.78, 5) is 0. The second-order valence-corrected chi connectivity index (χ2v) is 6.39. The van der Waals surface area contributed by atoms with Crippen molar-refractivity contribution in [1.82, 2.24) is 0 Å². The van der Waals surface area contributed by atoms with Crippen molar-refractivity contribution < 1.29 is 0 Å². The molecule has 1 heteroatoms. The van der Waals surface area contributed by atoms with E-state index in [2.05, 4.69) is 26.5 Å². The van der Waals surface area contributed by atoms with E-state index in [0.717, 1.165) is 11.7 Å². The number of hydrogen-bond acceptors (Lipinski definition) is 1. The molecule has 18 heavy (non-hydrogen) atoms. The molecule has 0 fully saturated rings. The molecule has 1 atom stereocenters. The zero-order valence-corrected chi connectivity index (χ0v) is 13.8. The van der Waals surface area contributed by atoms with Gasteiger partial charge in [0.2, 0.25) is 0 Å². The van der Waals surface area contributed by atoms with Crippen LogP contribution in [-0.4, -0.2) is 5.75 Å². The lowest BCUT2D eigenvalue weighted by Gasteiger charge is -2.08. The molecule has 0 aliphatic rings. The molecule has 0 amide bonds. The molecule has 0 aromatic heterocycles. The molecule has 0 saturated carbocycles. The minimum atomic E-state index is 0.890. The highest BCUT2D eigenvalue weighted by Crippen LogP contribution is 2.16. The Labute approximate surface area is 122 Å². The normalized spacial score (nSPS) is 12.8. The van der Waals surface area contributed by atoms with Gasteiger partial charge in [0, 0.05) is 0 Å². The maximum atomic E-state index is 4.29. The van der Waals surface area contributed by atoms with Gasteiger partial charge in [0.1, 0.15) is 0 Å². The maximum absolute atomic E-state index is 4.29. The molecule has 0 spiro atoms. The van der Waals surface area contributed by atoms with E-state index in [1.165, 1.54) is 83.5 Å². The average Bonchev–Trinajstić information content (AvgIpc) is 2.36. The van der Waals surface area contributed by atoms with Gasteiger partial charge in [0.25, 0.3) is 0 Å². The highest BCUT2D eigenvalue weighted by Gasteiger charge is 2.00. The van der Waals surface area contributed by atoms with Crippen molar-refractivity contribution in [3.63, 3.8) is 0 Å². The molecule has 0 radical (unpaired) electrons. The maximum Gasteiger partial charge on any atom is -0.00954 e. The highest BCUT2D eigenvalue weighted by molar-refractivity contribution is 7.80. The van der Waals surface area contributed by atoms with Crippen LogP contribution in [0.4, 0.5) is 0 Å². The highest BCUT2D eigenvalue weighted by atomic mass is 32.1. The standard InChI is InChI=1S/C17H36S/c1-3-4-5-6-7-8-9-10-11-12-13-14-17(2)15-16-18/h17-18H,3-16H2,1-2H3. The van der Waals surface area contributed by atoms with E-state index in [1.807, 2.05) is 0 Å². The summed E-state index contributed by atoms with van der Waals surface area (Å²) in [5, 5.41) is 0. The van der Waals surface area contributed by atoms with E-state index < -0.39 is 0 Å². The van der Waals surface area contributed by atoms with Crippen LogP contribution in [0, 0.1) is 5.92 Å². The van der Waals surface area contributed by atoms with E-state index in [-0.39, 0.29) is 0 Å². The minimum Gasteiger partial charge on any atom is -0.179 e. The van der Waals surface area contributed by atoms with Crippen molar-refractivity contribution in [1.29, 1.82) is 0 Å². The fraction of sp³-hybridized carbons (Fsp3) is 1.00. The van der Waals surface area contributed by atoms with Crippen LogP contribution >= 0.6 is 12.6 Å². The number of thiol groups is 1. The predicted molar refractivity (Wildman–Crippen MR) is 88.7 cm³/mol. The Morgan fingerprint density at radius 2 is 1.11 bits per heavy atom. The van der Waals surface area contributed by atoms with Gasteiger partial charge in [0.05, 0.1) is 0 Å². The molecule has 0 nitrogen and oxygen atoms in total. The van der Waals surface area contributed by atoms with E-state index in [0.29, 0.717) is 0 Å². The first-order valence-corrected chi connectivity index (χ1v) is 9.05. The second kappa shape index (κ2) is 15.4. The summed E-state index contributed by atoms with van der Waals surface area (Å²) >= 11 is 4.29. The summed E-state index contributed by atoms with van der Waals surface area (Å²) in [6.07, 6.45) is 18.7. The SMILES string of the molecule is CCCCCCCCCCCCCC(C)CCS. The lowest BCUT2D eigenvalue weighted by Crippen LogP contribution is -1.95. The largest absolute Gasteiger partial charge is 0.179 e. The lowest BCUT2D eigenvalue weighted by molar-refractivity contribution is 0.471. The molecule has 0 aliphatic carbocycles. The third kappa shape index (κ3) is 14.4. The number of unbranched alkanes of at least 4 members (excludes halogenated alkanes) is 10. The molecule has 0 heterocycles. The van der Waals surface area contributed by atoms with E-state index in [4.69, 9.17) is 0 Å². The molecule has 0 N–H and O–H groups in total. The molecule has 0 aromatic rings. The van der Waals surface area contributed by atoms with E-state index >= 15 is 0 Å². The Morgan fingerprint density at radius 3 is 1.56 bits per heavy atom. The molecule has 0 bridgehead atoms. The fourth-order valence-electron chi connectivity index (χ4n) is 2.52. The van der Waals surface area contributed by atoms with Gasteiger partial charge in [-0.3, -0.25) is 0 Å². The van der Waals surface area contributed by atoms with Gasteiger partial charge in [-0.05, 0) is 18.1 Å². The van der Waals surface area contributed by atoms with Crippen molar-refractivity contribution >= 4 is 12.6 Å². The lowest BCUT2D eigenvalue weighted by atomic mass is 9.99. The van der Waals surface area contributed by atoms with E-state index in [1.54, 1.807) is 0 Å². The Morgan fingerprint density at radius 1 is 0.667 bits per heavy atom. The summed E-state index contributed by atoms with van der Waals surface area (Å²) in [7, 11) is 0. The summed E-state index contributed by atoms with van der Waals surface area (Å²) in [5.74, 6) is 1.94. The molecule has 0 aromatic carbocycles. The van der Waals surface area contributed by atoms with Crippen LogP contribution in [0.25, 0.3) is 0 Å². The Bertz CT molecular complexity index is 145. The fourth-order valence-corrected chi connectivity index (χ4v) is 2.96. The molecule has 1 unspecified atom stereocenters. The van der Waals surface area contributed by atoms with Crippen LogP contribution in [0.15, 0.2) is 0 Å². The third-order valence-electron chi connectivity index (χ3n) is 3.92. The minimum absolute atomic E-state index is 0.890. The first-order chi connectivity index (χ1) is 8.81. The number of hydrogen-bond donors (Lipinski definition) is 1. The van der Waals surface area contributed by atoms with Crippen LogP contribution in [0.3, 0.4) is 0 Å². The Hall–Kier alpha value is 0.350. The first-order valence-electron chi connectivity index (χ1n) is 8.42. The summed E-state index contributed by atoms with van der Waals surface area (Å²) in [5.41, 5.74) is 0. The van der Waals surface area contributed by atoms with Gasteiger partial charge < -0.3 is 0 Å². The quantitative estimate of drug-likeness (QED) is 0.266. The van der Waals surface area contributed by atoms with Crippen LogP contribution in [-0.2, 0) is 0 Å². The van der Waals surface area contributed by atoms with Crippen molar-refractivity contribution in [2.24, 2.45) is 5.92 Å². The predicted octanol–water partition coefficient (Wildman–Crippen LogP) is 6.64. The van der Waals surface area contributed by atoms with Crippen molar-refractivity contribution in [3.8, 4) is 0 Å². The van der Waals surface area contributed by atoms with Crippen molar-refractivity contribution in [3.05, 3.63) is 0 Å².